The smallest absolute Gasteiger partial charge is 0.407 e. The third-order valence-electron chi connectivity index (χ3n) is 2.79. The van der Waals surface area contributed by atoms with Gasteiger partial charge < -0.3 is 5.11 Å². The summed E-state index contributed by atoms with van der Waals surface area (Å²) in [6, 6.07) is -0.326. The first-order chi connectivity index (χ1) is 5.68. The van der Waals surface area contributed by atoms with Gasteiger partial charge in [0.1, 0.15) is 0 Å². The van der Waals surface area contributed by atoms with Crippen LogP contribution in [0.2, 0.25) is 0 Å². The Bertz CT molecular complexity index is 238. The Morgan fingerprint density at radius 2 is 2.25 bits per heavy atom. The molecule has 2 saturated heterocycles. The van der Waals surface area contributed by atoms with Gasteiger partial charge in [-0.3, -0.25) is 9.69 Å². The van der Waals surface area contributed by atoms with E-state index in [1.165, 1.54) is 4.90 Å². The Balaban J connectivity index is 2.19. The minimum absolute atomic E-state index is 0.111. The summed E-state index contributed by atoms with van der Waals surface area (Å²) >= 11 is 0. The lowest BCUT2D eigenvalue weighted by Gasteiger charge is -2.42. The molecule has 2 bridgehead atoms. The molecule has 3 fully saturated rings. The second-order valence-electron chi connectivity index (χ2n) is 3.56. The van der Waals surface area contributed by atoms with Crippen molar-refractivity contribution in [1.29, 1.82) is 0 Å². The standard InChI is InChI=1S/C8H11NO3/c10-7-3-5-1-2-6(7)9(4-5)8(11)12/h5-6H,1-4H2,(H,11,12). The van der Waals surface area contributed by atoms with Gasteiger partial charge in [0.25, 0.3) is 0 Å². The van der Waals surface area contributed by atoms with E-state index in [1.54, 1.807) is 0 Å². The van der Waals surface area contributed by atoms with Crippen LogP contribution < -0.4 is 0 Å². The highest BCUT2D eigenvalue weighted by molar-refractivity contribution is 5.89. The molecule has 1 N–H and O–H groups in total. The molecular formula is C8H11NO3. The van der Waals surface area contributed by atoms with Crippen LogP contribution in [-0.2, 0) is 4.79 Å². The van der Waals surface area contributed by atoms with Crippen molar-refractivity contribution < 1.29 is 14.7 Å². The number of fused-ring (bicyclic) bond motifs is 3. The molecule has 1 amide bonds. The topological polar surface area (TPSA) is 57.6 Å². The maximum atomic E-state index is 11.3. The summed E-state index contributed by atoms with van der Waals surface area (Å²) in [6.45, 7) is 0.561. The second kappa shape index (κ2) is 2.47. The summed E-state index contributed by atoms with van der Waals surface area (Å²) in [5, 5.41) is 8.75. The average Bonchev–Trinajstić information content (AvgIpc) is 2.04. The number of hydrogen-bond acceptors (Lipinski definition) is 2. The molecular weight excluding hydrogens is 158 g/mol. The zero-order chi connectivity index (χ0) is 8.72. The predicted octanol–water partition coefficient (Wildman–Crippen LogP) is 0.718. The van der Waals surface area contributed by atoms with E-state index in [9.17, 15) is 9.59 Å². The van der Waals surface area contributed by atoms with E-state index in [1.807, 2.05) is 0 Å². The third-order valence-corrected chi connectivity index (χ3v) is 2.79. The van der Waals surface area contributed by atoms with Gasteiger partial charge >= 0.3 is 6.09 Å². The van der Waals surface area contributed by atoms with Crippen LogP contribution in [-0.4, -0.2) is 34.5 Å². The fraction of sp³-hybridized carbons (Fsp3) is 0.750. The van der Waals surface area contributed by atoms with Crippen LogP contribution in [0.5, 0.6) is 0 Å². The molecule has 2 heterocycles. The number of ketones is 1. The van der Waals surface area contributed by atoms with E-state index < -0.39 is 6.09 Å². The molecule has 0 aromatic carbocycles. The minimum atomic E-state index is -0.947. The molecule has 4 nitrogen and oxygen atoms in total. The molecule has 0 spiro atoms. The molecule has 0 aromatic heterocycles. The van der Waals surface area contributed by atoms with E-state index in [0.717, 1.165) is 12.8 Å². The van der Waals surface area contributed by atoms with Crippen LogP contribution in [0, 0.1) is 5.92 Å². The monoisotopic (exact) mass is 169 g/mol. The number of nitrogens with zero attached hydrogens (tertiary/aromatic N) is 1. The minimum Gasteiger partial charge on any atom is -0.465 e. The van der Waals surface area contributed by atoms with Crippen LogP contribution in [0.3, 0.4) is 0 Å². The number of hydrogen-bond donors (Lipinski definition) is 1. The van der Waals surface area contributed by atoms with Crippen molar-refractivity contribution in [3.8, 4) is 0 Å². The van der Waals surface area contributed by atoms with Crippen molar-refractivity contribution in [3.63, 3.8) is 0 Å². The molecule has 2 aliphatic heterocycles. The van der Waals surface area contributed by atoms with Crippen LogP contribution in [0.1, 0.15) is 19.3 Å². The fourth-order valence-corrected chi connectivity index (χ4v) is 2.18. The van der Waals surface area contributed by atoms with Gasteiger partial charge in [0, 0.05) is 13.0 Å². The molecule has 4 heteroatoms. The van der Waals surface area contributed by atoms with E-state index in [2.05, 4.69) is 0 Å². The van der Waals surface area contributed by atoms with Gasteiger partial charge in [-0.1, -0.05) is 0 Å². The summed E-state index contributed by atoms with van der Waals surface area (Å²) in [6.07, 6.45) is 1.39. The van der Waals surface area contributed by atoms with Crippen LogP contribution in [0.15, 0.2) is 0 Å². The fourth-order valence-electron chi connectivity index (χ4n) is 2.18. The summed E-state index contributed by atoms with van der Waals surface area (Å²) in [5.74, 6) is 0.401. The van der Waals surface area contributed by atoms with Crippen LogP contribution in [0.4, 0.5) is 4.79 Å². The first-order valence-corrected chi connectivity index (χ1v) is 4.21. The van der Waals surface area contributed by atoms with Crippen molar-refractivity contribution in [2.75, 3.05) is 6.54 Å². The first kappa shape index (κ1) is 7.58. The number of carbonyl (C=O) groups excluding carboxylic acids is 1. The maximum absolute atomic E-state index is 11.3. The SMILES string of the molecule is O=C1CC2CCC1N(C(=O)O)C2. The number of amides is 1. The highest BCUT2D eigenvalue weighted by Gasteiger charge is 2.41. The zero-order valence-corrected chi connectivity index (χ0v) is 6.69. The van der Waals surface area contributed by atoms with Gasteiger partial charge in [-0.25, -0.2) is 4.79 Å². The third kappa shape index (κ3) is 0.983. The predicted molar refractivity (Wildman–Crippen MR) is 40.9 cm³/mol. The van der Waals surface area contributed by atoms with Gasteiger partial charge in [-0.15, -0.1) is 0 Å². The number of rotatable bonds is 0. The lowest BCUT2D eigenvalue weighted by molar-refractivity contribution is -0.131. The van der Waals surface area contributed by atoms with Crippen LogP contribution >= 0.6 is 0 Å². The molecule has 3 aliphatic rings. The van der Waals surface area contributed by atoms with Crippen molar-refractivity contribution in [2.45, 2.75) is 25.3 Å². The number of carbonyl (C=O) groups is 2. The lowest BCUT2D eigenvalue weighted by Crippen LogP contribution is -2.55. The van der Waals surface area contributed by atoms with Crippen molar-refractivity contribution in [3.05, 3.63) is 0 Å². The molecule has 2 unspecified atom stereocenters. The van der Waals surface area contributed by atoms with Crippen molar-refractivity contribution in [1.82, 2.24) is 4.90 Å². The molecule has 0 aromatic rings. The van der Waals surface area contributed by atoms with E-state index >= 15 is 0 Å². The number of piperidine rings is 2. The van der Waals surface area contributed by atoms with E-state index in [-0.39, 0.29) is 11.8 Å². The Kier molecular flexibility index (Phi) is 1.56. The molecule has 0 radical (unpaired) electrons. The normalized spacial score (nSPS) is 34.0. The Morgan fingerprint density at radius 3 is 2.67 bits per heavy atom. The Morgan fingerprint density at radius 1 is 1.50 bits per heavy atom. The van der Waals surface area contributed by atoms with Gasteiger partial charge in [0.2, 0.25) is 0 Å². The van der Waals surface area contributed by atoms with Gasteiger partial charge in [0.05, 0.1) is 6.04 Å². The highest BCUT2D eigenvalue weighted by atomic mass is 16.4. The summed E-state index contributed by atoms with van der Waals surface area (Å²) < 4.78 is 0. The molecule has 66 valence electrons. The second-order valence-corrected chi connectivity index (χ2v) is 3.56. The Labute approximate surface area is 70.2 Å². The molecule has 3 rings (SSSR count). The quantitative estimate of drug-likeness (QED) is 0.581. The lowest BCUT2D eigenvalue weighted by atomic mass is 9.79. The molecule has 1 aliphatic carbocycles. The average molecular weight is 169 g/mol. The van der Waals surface area contributed by atoms with Crippen molar-refractivity contribution in [2.24, 2.45) is 5.92 Å². The van der Waals surface area contributed by atoms with E-state index in [0.29, 0.717) is 18.9 Å². The van der Waals surface area contributed by atoms with Crippen molar-refractivity contribution >= 4 is 11.9 Å². The molecule has 1 saturated carbocycles. The maximum Gasteiger partial charge on any atom is 0.407 e. The van der Waals surface area contributed by atoms with Gasteiger partial charge in [-0.2, -0.15) is 0 Å². The largest absolute Gasteiger partial charge is 0.465 e. The van der Waals surface area contributed by atoms with Gasteiger partial charge in [0.15, 0.2) is 5.78 Å². The first-order valence-electron chi connectivity index (χ1n) is 4.21. The van der Waals surface area contributed by atoms with E-state index in [4.69, 9.17) is 5.11 Å². The number of carboxylic acid groups (broad SMARTS) is 1. The zero-order valence-electron chi connectivity index (χ0n) is 6.69. The van der Waals surface area contributed by atoms with Crippen LogP contribution in [0.25, 0.3) is 0 Å². The van der Waals surface area contributed by atoms with Gasteiger partial charge in [-0.05, 0) is 18.8 Å². The summed E-state index contributed by atoms with van der Waals surface area (Å²) in [7, 11) is 0. The summed E-state index contributed by atoms with van der Waals surface area (Å²) in [5.41, 5.74) is 0. The molecule has 2 atom stereocenters. The highest BCUT2D eigenvalue weighted by Crippen LogP contribution is 2.32. The molecule has 12 heavy (non-hydrogen) atoms. The number of Topliss-reactive ketones (excluding diaryl/α,β-unsaturated/α-hetero) is 1. The Hall–Kier alpha value is -1.06. The summed E-state index contributed by atoms with van der Waals surface area (Å²) in [4.78, 5) is 23.2.